The van der Waals surface area contributed by atoms with Gasteiger partial charge in [0.2, 0.25) is 5.95 Å². The molecule has 0 radical (unpaired) electrons. The summed E-state index contributed by atoms with van der Waals surface area (Å²) < 4.78 is 16.1. The molecule has 1 saturated heterocycles. The minimum Gasteiger partial charge on any atom is -0.349 e. The lowest BCUT2D eigenvalue weighted by atomic mass is 10.2. The summed E-state index contributed by atoms with van der Waals surface area (Å²) in [7, 11) is 1.64. The highest BCUT2D eigenvalue weighted by molar-refractivity contribution is 5.59. The zero-order valence-electron chi connectivity index (χ0n) is 15.6. The molecule has 1 aliphatic rings. The predicted octanol–water partition coefficient (Wildman–Crippen LogP) is 2.48. The lowest BCUT2D eigenvalue weighted by molar-refractivity contribution is 0.281. The summed E-state index contributed by atoms with van der Waals surface area (Å²) in [4.78, 5) is 23.0. The van der Waals surface area contributed by atoms with Gasteiger partial charge in [-0.05, 0) is 17.7 Å². The predicted molar refractivity (Wildman–Crippen MR) is 107 cm³/mol. The van der Waals surface area contributed by atoms with Gasteiger partial charge < -0.3 is 5.32 Å². The van der Waals surface area contributed by atoms with Crippen LogP contribution in [0.25, 0.3) is 11.3 Å². The second-order valence-electron chi connectivity index (χ2n) is 7.04. The summed E-state index contributed by atoms with van der Waals surface area (Å²) in [6.07, 6.45) is 2.26. The number of hydrogen-bond donors (Lipinski definition) is 1. The van der Waals surface area contributed by atoms with Crippen molar-refractivity contribution in [3.8, 4) is 11.3 Å². The third-order valence-electron chi connectivity index (χ3n) is 5.00. The number of benzene rings is 1. The fourth-order valence-electron chi connectivity index (χ4n) is 3.45. The number of hydrogen-bond acceptors (Lipinski definition) is 5. The lowest BCUT2D eigenvalue weighted by Gasteiger charge is -2.19. The number of anilines is 1. The van der Waals surface area contributed by atoms with Gasteiger partial charge in [0, 0.05) is 50.7 Å². The van der Waals surface area contributed by atoms with Gasteiger partial charge in [-0.1, -0.05) is 30.3 Å². The number of likely N-dealkylation sites (tertiary alicyclic amines) is 1. The number of rotatable bonds is 5. The van der Waals surface area contributed by atoms with Crippen LogP contribution in [0.5, 0.6) is 0 Å². The van der Waals surface area contributed by atoms with Crippen LogP contribution in [0.4, 0.5) is 10.3 Å². The highest BCUT2D eigenvalue weighted by Gasteiger charge is 2.33. The van der Waals surface area contributed by atoms with Gasteiger partial charge in [0.1, 0.15) is 6.17 Å². The molecule has 1 fully saturated rings. The first-order valence-electron chi connectivity index (χ1n) is 9.25. The Hall–Kier alpha value is -3.06. The number of nitrogens with zero attached hydrogens (tertiary/aromatic N) is 4. The van der Waals surface area contributed by atoms with Gasteiger partial charge in [0.15, 0.2) is 0 Å². The average Bonchev–Trinajstić information content (AvgIpc) is 3.05. The third kappa shape index (κ3) is 3.94. The molecule has 0 aliphatic carbocycles. The van der Waals surface area contributed by atoms with Crippen LogP contribution >= 0.6 is 0 Å². The SMILES string of the molecule is Cn1c(NC2CN(Cc3ccccc3)C[C@@H]2F)nc(-c2ccncc2)cc1=O. The van der Waals surface area contributed by atoms with Crippen LogP contribution in [-0.2, 0) is 13.6 Å². The molecule has 7 heteroatoms. The van der Waals surface area contributed by atoms with E-state index < -0.39 is 12.2 Å². The molecule has 28 heavy (non-hydrogen) atoms. The van der Waals surface area contributed by atoms with Crippen LogP contribution in [0.3, 0.4) is 0 Å². The Kier molecular flexibility index (Phi) is 5.16. The van der Waals surface area contributed by atoms with E-state index in [1.807, 2.05) is 30.3 Å². The highest BCUT2D eigenvalue weighted by Crippen LogP contribution is 2.21. The van der Waals surface area contributed by atoms with Crippen LogP contribution in [0.15, 0.2) is 65.7 Å². The molecule has 1 unspecified atom stereocenters. The molecule has 2 aromatic heterocycles. The van der Waals surface area contributed by atoms with E-state index in [1.165, 1.54) is 10.6 Å². The summed E-state index contributed by atoms with van der Waals surface area (Å²) in [6.45, 7) is 1.60. The van der Waals surface area contributed by atoms with E-state index in [0.717, 1.165) is 11.1 Å². The first-order valence-corrected chi connectivity index (χ1v) is 9.25. The van der Waals surface area contributed by atoms with E-state index in [1.54, 1.807) is 31.6 Å². The molecule has 6 nitrogen and oxygen atoms in total. The Morgan fingerprint density at radius 2 is 1.89 bits per heavy atom. The molecule has 4 rings (SSSR count). The molecular formula is C21H22FN5O. The normalized spacial score (nSPS) is 19.6. The van der Waals surface area contributed by atoms with E-state index in [4.69, 9.17) is 0 Å². The number of alkyl halides is 1. The smallest absolute Gasteiger partial charge is 0.255 e. The Bertz CT molecular complexity index is 993. The molecule has 144 valence electrons. The van der Waals surface area contributed by atoms with Crippen molar-refractivity contribution in [1.82, 2.24) is 19.4 Å². The average molecular weight is 379 g/mol. The number of pyridine rings is 1. The molecule has 3 heterocycles. The number of halogens is 1. The Labute approximate surface area is 162 Å². The molecule has 0 spiro atoms. The fraction of sp³-hybridized carbons (Fsp3) is 0.286. The minimum atomic E-state index is -1.04. The van der Waals surface area contributed by atoms with Crippen LogP contribution in [0, 0.1) is 0 Å². The summed E-state index contributed by atoms with van der Waals surface area (Å²) >= 11 is 0. The van der Waals surface area contributed by atoms with Crippen molar-refractivity contribution < 1.29 is 4.39 Å². The van der Waals surface area contributed by atoms with Gasteiger partial charge in [0.25, 0.3) is 5.56 Å². The van der Waals surface area contributed by atoms with E-state index >= 15 is 0 Å². The van der Waals surface area contributed by atoms with Gasteiger partial charge >= 0.3 is 0 Å². The second-order valence-corrected chi connectivity index (χ2v) is 7.04. The van der Waals surface area contributed by atoms with Gasteiger partial charge in [-0.15, -0.1) is 0 Å². The maximum atomic E-state index is 14.7. The molecule has 0 saturated carbocycles. The molecule has 3 aromatic rings. The van der Waals surface area contributed by atoms with Crippen LogP contribution in [0.1, 0.15) is 5.56 Å². The summed E-state index contributed by atoms with van der Waals surface area (Å²) in [5.41, 5.74) is 2.30. The van der Waals surface area contributed by atoms with E-state index in [9.17, 15) is 9.18 Å². The maximum absolute atomic E-state index is 14.7. The van der Waals surface area contributed by atoms with Crippen LogP contribution in [-0.4, -0.2) is 44.7 Å². The van der Waals surface area contributed by atoms with Crippen LogP contribution in [0.2, 0.25) is 0 Å². The highest BCUT2D eigenvalue weighted by atomic mass is 19.1. The van der Waals surface area contributed by atoms with Crippen molar-refractivity contribution >= 4 is 5.95 Å². The van der Waals surface area contributed by atoms with Gasteiger partial charge in [0.05, 0.1) is 11.7 Å². The van der Waals surface area contributed by atoms with Crippen LogP contribution < -0.4 is 10.9 Å². The first-order chi connectivity index (χ1) is 13.6. The Morgan fingerprint density at radius 1 is 1.14 bits per heavy atom. The van der Waals surface area contributed by atoms with E-state index in [0.29, 0.717) is 31.3 Å². The van der Waals surface area contributed by atoms with Crippen molar-refractivity contribution in [3.63, 3.8) is 0 Å². The lowest BCUT2D eigenvalue weighted by Crippen LogP contribution is -2.33. The van der Waals surface area contributed by atoms with Crippen molar-refractivity contribution in [3.05, 3.63) is 76.8 Å². The van der Waals surface area contributed by atoms with Gasteiger partial charge in [-0.3, -0.25) is 19.2 Å². The molecule has 0 bridgehead atoms. The topological polar surface area (TPSA) is 63.1 Å². The summed E-state index contributed by atoms with van der Waals surface area (Å²) in [6, 6.07) is 14.7. The Balaban J connectivity index is 1.52. The molecule has 2 atom stereocenters. The first kappa shape index (κ1) is 18.3. The third-order valence-corrected chi connectivity index (χ3v) is 5.00. The standard InChI is InChI=1S/C21H22FN5O/c1-26-20(28)11-18(16-7-9-23-10-8-16)24-21(26)25-19-14-27(13-17(19)22)12-15-5-3-2-4-6-15/h2-11,17,19H,12-14H2,1H3,(H,24,25)/t17-,19?/m0/s1. The maximum Gasteiger partial charge on any atom is 0.255 e. The van der Waals surface area contributed by atoms with Gasteiger partial charge in [-0.2, -0.15) is 0 Å². The monoisotopic (exact) mass is 379 g/mol. The second kappa shape index (κ2) is 7.90. The zero-order valence-corrected chi connectivity index (χ0v) is 15.6. The van der Waals surface area contributed by atoms with Gasteiger partial charge in [-0.25, -0.2) is 9.37 Å². The van der Waals surface area contributed by atoms with Crippen molar-refractivity contribution in [2.45, 2.75) is 18.8 Å². The molecular weight excluding hydrogens is 357 g/mol. The van der Waals surface area contributed by atoms with E-state index in [2.05, 4.69) is 20.2 Å². The zero-order chi connectivity index (χ0) is 19.5. The number of aromatic nitrogens is 3. The largest absolute Gasteiger partial charge is 0.349 e. The molecule has 1 aliphatic heterocycles. The van der Waals surface area contributed by atoms with Crippen molar-refractivity contribution in [2.75, 3.05) is 18.4 Å². The fourth-order valence-corrected chi connectivity index (χ4v) is 3.45. The molecule has 1 aromatic carbocycles. The molecule has 1 N–H and O–H groups in total. The summed E-state index contributed by atoms with van der Waals surface area (Å²) in [5, 5.41) is 3.15. The van der Waals surface area contributed by atoms with E-state index in [-0.39, 0.29) is 5.56 Å². The quantitative estimate of drug-likeness (QED) is 0.738. The summed E-state index contributed by atoms with van der Waals surface area (Å²) in [5.74, 6) is 0.369. The van der Waals surface area contributed by atoms with Crippen molar-refractivity contribution in [1.29, 1.82) is 0 Å². The molecule has 0 amide bonds. The Morgan fingerprint density at radius 3 is 2.64 bits per heavy atom. The number of nitrogens with one attached hydrogen (secondary N) is 1. The minimum absolute atomic E-state index is 0.196. The van der Waals surface area contributed by atoms with Crippen molar-refractivity contribution in [2.24, 2.45) is 7.05 Å².